The lowest BCUT2D eigenvalue weighted by molar-refractivity contribution is 0.495. The highest BCUT2D eigenvalue weighted by Crippen LogP contribution is 2.25. The van der Waals surface area contributed by atoms with Crippen LogP contribution < -0.4 is 11.3 Å². The molecule has 0 aliphatic heterocycles. The lowest BCUT2D eigenvalue weighted by Gasteiger charge is -2.15. The minimum Gasteiger partial charge on any atom is -0.271 e. The first-order valence-corrected chi connectivity index (χ1v) is 5.32. The fourth-order valence-electron chi connectivity index (χ4n) is 1.40. The van der Waals surface area contributed by atoms with Crippen LogP contribution in [-0.2, 0) is 6.54 Å². The predicted molar refractivity (Wildman–Crippen MR) is 60.5 cm³/mol. The summed E-state index contributed by atoms with van der Waals surface area (Å²) in [4.78, 5) is 0. The molecule has 78 valence electrons. The van der Waals surface area contributed by atoms with E-state index in [-0.39, 0.29) is 6.04 Å². The Morgan fingerprint density at radius 3 is 3.07 bits per heavy atom. The highest BCUT2D eigenvalue weighted by molar-refractivity contribution is 9.10. The minimum absolute atomic E-state index is 0.0596. The Bertz CT molecular complexity index is 308. The molecule has 1 aromatic rings. The van der Waals surface area contributed by atoms with Crippen molar-refractivity contribution in [3.63, 3.8) is 0 Å². The normalized spacial score (nSPS) is 12.8. The average molecular weight is 259 g/mol. The number of aromatic nitrogens is 2. The number of hydrazine groups is 1. The van der Waals surface area contributed by atoms with E-state index in [0.29, 0.717) is 0 Å². The average Bonchev–Trinajstić information content (AvgIpc) is 2.56. The van der Waals surface area contributed by atoms with E-state index in [4.69, 9.17) is 5.84 Å². The van der Waals surface area contributed by atoms with Crippen LogP contribution >= 0.6 is 15.9 Å². The molecule has 0 radical (unpaired) electrons. The molecule has 3 N–H and O–H groups in total. The van der Waals surface area contributed by atoms with Crippen molar-refractivity contribution in [3.8, 4) is 0 Å². The summed E-state index contributed by atoms with van der Waals surface area (Å²) in [5.74, 6) is 5.48. The van der Waals surface area contributed by atoms with Gasteiger partial charge in [0.1, 0.15) is 0 Å². The number of nitrogens with one attached hydrogen (secondary N) is 1. The van der Waals surface area contributed by atoms with Crippen LogP contribution in [0.25, 0.3) is 0 Å². The molecule has 0 aromatic carbocycles. The Labute approximate surface area is 92.3 Å². The molecule has 0 fully saturated rings. The molecule has 1 aromatic heterocycles. The molecule has 0 aliphatic rings. The summed E-state index contributed by atoms with van der Waals surface area (Å²) in [6, 6.07) is 0.0596. The van der Waals surface area contributed by atoms with Crippen LogP contribution in [-0.4, -0.2) is 9.78 Å². The minimum atomic E-state index is 0.0596. The third kappa shape index (κ3) is 2.23. The number of rotatable bonds is 5. The third-order valence-corrected chi connectivity index (χ3v) is 2.68. The molecule has 1 rings (SSSR count). The van der Waals surface area contributed by atoms with E-state index in [9.17, 15) is 0 Å². The van der Waals surface area contributed by atoms with Gasteiger partial charge in [-0.25, -0.2) is 0 Å². The standard InChI is InChI=1S/C9H15BrN4/c1-3-5-8(13-11)9-7(10)6-12-14(9)4-2/h3,6,8,13H,1,4-5,11H2,2H3. The van der Waals surface area contributed by atoms with E-state index >= 15 is 0 Å². The third-order valence-electron chi connectivity index (χ3n) is 2.07. The zero-order valence-electron chi connectivity index (χ0n) is 8.20. The molecular weight excluding hydrogens is 244 g/mol. The van der Waals surface area contributed by atoms with Crippen LogP contribution in [0.1, 0.15) is 25.1 Å². The van der Waals surface area contributed by atoms with Gasteiger partial charge in [0.2, 0.25) is 0 Å². The van der Waals surface area contributed by atoms with Crippen molar-refractivity contribution < 1.29 is 0 Å². The molecule has 1 heterocycles. The Morgan fingerprint density at radius 2 is 2.57 bits per heavy atom. The number of nitrogens with zero attached hydrogens (tertiary/aromatic N) is 2. The number of aryl methyl sites for hydroxylation is 1. The van der Waals surface area contributed by atoms with Gasteiger partial charge in [0.25, 0.3) is 0 Å². The maximum Gasteiger partial charge on any atom is 0.0712 e. The van der Waals surface area contributed by atoms with Gasteiger partial charge in [0.05, 0.1) is 22.4 Å². The van der Waals surface area contributed by atoms with Crippen molar-refractivity contribution in [1.29, 1.82) is 0 Å². The molecule has 0 spiro atoms. The van der Waals surface area contributed by atoms with Gasteiger partial charge in [-0.05, 0) is 29.3 Å². The lowest BCUT2D eigenvalue weighted by atomic mass is 10.1. The first-order chi connectivity index (χ1) is 6.74. The Morgan fingerprint density at radius 1 is 1.86 bits per heavy atom. The summed E-state index contributed by atoms with van der Waals surface area (Å²) >= 11 is 3.46. The maximum atomic E-state index is 5.48. The number of hydrogen-bond acceptors (Lipinski definition) is 3. The summed E-state index contributed by atoms with van der Waals surface area (Å²) in [6.45, 7) is 6.58. The van der Waals surface area contributed by atoms with Crippen LogP contribution in [0.2, 0.25) is 0 Å². The second-order valence-electron chi connectivity index (χ2n) is 2.94. The van der Waals surface area contributed by atoms with Gasteiger partial charge in [0, 0.05) is 6.54 Å². The SMILES string of the molecule is C=CCC(NN)c1c(Br)cnn1CC. The first-order valence-electron chi connectivity index (χ1n) is 4.52. The van der Waals surface area contributed by atoms with Crippen molar-refractivity contribution in [2.45, 2.75) is 25.9 Å². The Kier molecular flexibility index (Phi) is 4.31. The first kappa shape index (κ1) is 11.4. The van der Waals surface area contributed by atoms with Crippen LogP contribution in [0.3, 0.4) is 0 Å². The largest absolute Gasteiger partial charge is 0.271 e. The van der Waals surface area contributed by atoms with Crippen LogP contribution in [0, 0.1) is 0 Å². The molecule has 1 atom stereocenters. The fraction of sp³-hybridized carbons (Fsp3) is 0.444. The van der Waals surface area contributed by atoms with Gasteiger partial charge in [-0.1, -0.05) is 6.08 Å². The van der Waals surface area contributed by atoms with Gasteiger partial charge in [-0.3, -0.25) is 16.0 Å². The second-order valence-corrected chi connectivity index (χ2v) is 3.79. The van der Waals surface area contributed by atoms with Crippen molar-refractivity contribution in [1.82, 2.24) is 15.2 Å². The van der Waals surface area contributed by atoms with Gasteiger partial charge in [-0.15, -0.1) is 6.58 Å². The maximum absolute atomic E-state index is 5.48. The number of halogens is 1. The highest BCUT2D eigenvalue weighted by Gasteiger charge is 2.16. The summed E-state index contributed by atoms with van der Waals surface area (Å²) < 4.78 is 2.89. The van der Waals surface area contributed by atoms with Gasteiger partial charge in [0.15, 0.2) is 0 Å². The van der Waals surface area contributed by atoms with E-state index in [2.05, 4.69) is 33.0 Å². The predicted octanol–water partition coefficient (Wildman–Crippen LogP) is 1.75. The fourth-order valence-corrected chi connectivity index (χ4v) is 1.97. The van der Waals surface area contributed by atoms with Gasteiger partial charge >= 0.3 is 0 Å². The molecule has 0 bridgehead atoms. The van der Waals surface area contributed by atoms with E-state index in [1.165, 1.54) is 0 Å². The lowest BCUT2D eigenvalue weighted by Crippen LogP contribution is -2.29. The van der Waals surface area contributed by atoms with E-state index in [0.717, 1.165) is 23.1 Å². The Hall–Kier alpha value is -0.650. The van der Waals surface area contributed by atoms with Crippen LogP contribution in [0.15, 0.2) is 23.3 Å². The molecule has 1 unspecified atom stereocenters. The van der Waals surface area contributed by atoms with Crippen LogP contribution in [0.4, 0.5) is 0 Å². The monoisotopic (exact) mass is 258 g/mol. The van der Waals surface area contributed by atoms with Crippen molar-refractivity contribution in [2.24, 2.45) is 5.84 Å². The molecule has 4 nitrogen and oxygen atoms in total. The van der Waals surface area contributed by atoms with Crippen molar-refractivity contribution in [3.05, 3.63) is 29.0 Å². The van der Waals surface area contributed by atoms with Crippen LogP contribution in [0.5, 0.6) is 0 Å². The Balaban J connectivity index is 3.00. The molecule has 0 aliphatic carbocycles. The van der Waals surface area contributed by atoms with E-state index in [1.807, 2.05) is 17.7 Å². The second kappa shape index (κ2) is 5.29. The molecule has 0 amide bonds. The van der Waals surface area contributed by atoms with E-state index in [1.54, 1.807) is 6.20 Å². The van der Waals surface area contributed by atoms with Crippen molar-refractivity contribution in [2.75, 3.05) is 0 Å². The molecule has 14 heavy (non-hydrogen) atoms. The summed E-state index contributed by atoms with van der Waals surface area (Å²) in [5, 5.41) is 4.23. The quantitative estimate of drug-likeness (QED) is 0.481. The zero-order chi connectivity index (χ0) is 10.6. The van der Waals surface area contributed by atoms with Gasteiger partial charge < -0.3 is 0 Å². The molecule has 0 saturated carbocycles. The summed E-state index contributed by atoms with van der Waals surface area (Å²) in [6.07, 6.45) is 4.40. The number of hydrogen-bond donors (Lipinski definition) is 2. The highest BCUT2D eigenvalue weighted by atomic mass is 79.9. The smallest absolute Gasteiger partial charge is 0.0712 e. The van der Waals surface area contributed by atoms with E-state index < -0.39 is 0 Å². The summed E-state index contributed by atoms with van der Waals surface area (Å²) in [7, 11) is 0. The topological polar surface area (TPSA) is 55.9 Å². The van der Waals surface area contributed by atoms with Gasteiger partial charge in [-0.2, -0.15) is 5.10 Å². The molecular formula is C9H15BrN4. The molecule has 5 heteroatoms. The molecule has 0 saturated heterocycles. The number of nitrogens with two attached hydrogens (primary N) is 1. The van der Waals surface area contributed by atoms with Crippen molar-refractivity contribution >= 4 is 15.9 Å². The zero-order valence-corrected chi connectivity index (χ0v) is 9.79. The summed E-state index contributed by atoms with van der Waals surface area (Å²) in [5.41, 5.74) is 3.82.